The summed E-state index contributed by atoms with van der Waals surface area (Å²) in [6, 6.07) is 11.7. The third-order valence-electron chi connectivity index (χ3n) is 4.93. The molecule has 8 heteroatoms. The standard InChI is InChI=1S/C21H20N6O2/c1-28-17-5-2-4-15(12-17)16-13-23-27(14-16)21-24-18-6-3-7-22-19(18)20(25-21)26-8-10-29-11-9-26/h2-7,12-14H,8-11H2,1H3. The van der Waals surface area contributed by atoms with Gasteiger partial charge in [0.1, 0.15) is 11.3 Å². The molecule has 0 saturated carbocycles. The quantitative estimate of drug-likeness (QED) is 0.532. The Hall–Kier alpha value is -3.52. The number of anilines is 1. The fraction of sp³-hybridized carbons (Fsp3) is 0.238. The molecule has 8 nitrogen and oxygen atoms in total. The van der Waals surface area contributed by atoms with Crippen LogP contribution in [0.2, 0.25) is 0 Å². The van der Waals surface area contributed by atoms with Gasteiger partial charge in [0.05, 0.1) is 32.0 Å². The molecule has 0 amide bonds. The molecule has 0 unspecified atom stereocenters. The number of hydrogen-bond acceptors (Lipinski definition) is 7. The van der Waals surface area contributed by atoms with Crippen LogP contribution in [0.4, 0.5) is 5.82 Å². The number of fused-ring (bicyclic) bond motifs is 1. The Morgan fingerprint density at radius 3 is 2.79 bits per heavy atom. The van der Waals surface area contributed by atoms with Gasteiger partial charge in [-0.25, -0.2) is 9.67 Å². The van der Waals surface area contributed by atoms with Crippen LogP contribution in [-0.4, -0.2) is 58.1 Å². The van der Waals surface area contributed by atoms with E-state index in [1.807, 2.05) is 42.6 Å². The van der Waals surface area contributed by atoms with Crippen LogP contribution in [0.3, 0.4) is 0 Å². The molecule has 146 valence electrons. The summed E-state index contributed by atoms with van der Waals surface area (Å²) in [6.07, 6.45) is 5.50. The molecule has 1 aliphatic rings. The molecule has 1 aromatic carbocycles. The van der Waals surface area contributed by atoms with Crippen LogP contribution in [0.15, 0.2) is 55.0 Å². The van der Waals surface area contributed by atoms with Crippen LogP contribution >= 0.6 is 0 Å². The van der Waals surface area contributed by atoms with Gasteiger partial charge in [0.15, 0.2) is 5.82 Å². The Morgan fingerprint density at radius 2 is 1.93 bits per heavy atom. The average Bonchev–Trinajstić information content (AvgIpc) is 3.29. The zero-order chi connectivity index (χ0) is 19.6. The smallest absolute Gasteiger partial charge is 0.253 e. The van der Waals surface area contributed by atoms with E-state index in [1.165, 1.54) is 0 Å². The van der Waals surface area contributed by atoms with Crippen LogP contribution in [0, 0.1) is 0 Å². The van der Waals surface area contributed by atoms with Crippen LogP contribution < -0.4 is 9.64 Å². The van der Waals surface area contributed by atoms with Gasteiger partial charge in [-0.1, -0.05) is 12.1 Å². The highest BCUT2D eigenvalue weighted by Gasteiger charge is 2.19. The van der Waals surface area contributed by atoms with Crippen molar-refractivity contribution in [1.29, 1.82) is 0 Å². The predicted octanol–water partition coefficient (Wildman–Crippen LogP) is 2.72. The summed E-state index contributed by atoms with van der Waals surface area (Å²) < 4.78 is 12.5. The van der Waals surface area contributed by atoms with Gasteiger partial charge in [-0.2, -0.15) is 10.1 Å². The Balaban J connectivity index is 1.57. The maximum absolute atomic E-state index is 5.49. The summed E-state index contributed by atoms with van der Waals surface area (Å²) >= 11 is 0. The number of morpholine rings is 1. The molecule has 3 aromatic heterocycles. The number of ether oxygens (including phenoxy) is 2. The van der Waals surface area contributed by atoms with Crippen LogP contribution in [0.25, 0.3) is 28.1 Å². The molecule has 1 fully saturated rings. The van der Waals surface area contributed by atoms with Crippen LogP contribution in [-0.2, 0) is 4.74 Å². The van der Waals surface area contributed by atoms with Crippen molar-refractivity contribution in [2.45, 2.75) is 0 Å². The van der Waals surface area contributed by atoms with Crippen molar-refractivity contribution < 1.29 is 9.47 Å². The molecular weight excluding hydrogens is 368 g/mol. The summed E-state index contributed by atoms with van der Waals surface area (Å²) in [5.41, 5.74) is 3.56. The van der Waals surface area contributed by atoms with E-state index < -0.39 is 0 Å². The Labute approximate surface area is 167 Å². The van der Waals surface area contributed by atoms with E-state index in [9.17, 15) is 0 Å². The van der Waals surface area contributed by atoms with Gasteiger partial charge >= 0.3 is 0 Å². The third-order valence-corrected chi connectivity index (χ3v) is 4.93. The largest absolute Gasteiger partial charge is 0.497 e. The first kappa shape index (κ1) is 17.6. The Kier molecular flexibility index (Phi) is 4.53. The lowest BCUT2D eigenvalue weighted by molar-refractivity contribution is 0.122. The molecule has 0 radical (unpaired) electrons. The minimum atomic E-state index is 0.515. The first-order valence-corrected chi connectivity index (χ1v) is 9.47. The Bertz CT molecular complexity index is 1150. The highest BCUT2D eigenvalue weighted by atomic mass is 16.5. The zero-order valence-corrected chi connectivity index (χ0v) is 16.0. The number of rotatable bonds is 4. The average molecular weight is 388 g/mol. The number of aromatic nitrogens is 5. The van der Waals surface area contributed by atoms with E-state index in [4.69, 9.17) is 14.5 Å². The van der Waals surface area contributed by atoms with Crippen molar-refractivity contribution in [2.75, 3.05) is 38.3 Å². The van der Waals surface area contributed by atoms with E-state index in [0.29, 0.717) is 19.2 Å². The fourth-order valence-corrected chi connectivity index (χ4v) is 3.42. The van der Waals surface area contributed by atoms with Crippen molar-refractivity contribution in [3.8, 4) is 22.8 Å². The zero-order valence-electron chi connectivity index (χ0n) is 16.0. The second-order valence-corrected chi connectivity index (χ2v) is 6.72. The van der Waals surface area contributed by atoms with E-state index in [-0.39, 0.29) is 0 Å². The number of pyridine rings is 1. The molecule has 0 atom stereocenters. The second-order valence-electron chi connectivity index (χ2n) is 6.72. The van der Waals surface area contributed by atoms with Gasteiger partial charge in [-0.05, 0) is 29.8 Å². The number of benzene rings is 1. The second kappa shape index (κ2) is 7.48. The summed E-state index contributed by atoms with van der Waals surface area (Å²) in [7, 11) is 1.66. The SMILES string of the molecule is COc1cccc(-c2cnn(-c3nc(N4CCOCC4)c4ncccc4n3)c2)c1. The van der Waals surface area contributed by atoms with Gasteiger partial charge in [0.2, 0.25) is 0 Å². The minimum absolute atomic E-state index is 0.515. The molecule has 1 saturated heterocycles. The number of methoxy groups -OCH3 is 1. The summed E-state index contributed by atoms with van der Waals surface area (Å²) in [4.78, 5) is 16.2. The molecule has 0 N–H and O–H groups in total. The van der Waals surface area contributed by atoms with Crippen molar-refractivity contribution in [3.05, 3.63) is 55.0 Å². The summed E-state index contributed by atoms with van der Waals surface area (Å²) in [5, 5.41) is 4.50. The van der Waals surface area contributed by atoms with Gasteiger partial charge in [0, 0.05) is 31.0 Å². The van der Waals surface area contributed by atoms with Crippen LogP contribution in [0.5, 0.6) is 5.75 Å². The van der Waals surface area contributed by atoms with Crippen molar-refractivity contribution >= 4 is 16.9 Å². The predicted molar refractivity (Wildman–Crippen MR) is 109 cm³/mol. The summed E-state index contributed by atoms with van der Waals surface area (Å²) in [5.74, 6) is 2.13. The molecule has 0 bridgehead atoms. The van der Waals surface area contributed by atoms with Gasteiger partial charge in [-0.3, -0.25) is 4.98 Å². The van der Waals surface area contributed by atoms with E-state index in [2.05, 4.69) is 20.0 Å². The number of nitrogens with zero attached hydrogens (tertiary/aromatic N) is 6. The lowest BCUT2D eigenvalue weighted by Gasteiger charge is -2.28. The minimum Gasteiger partial charge on any atom is -0.497 e. The molecule has 29 heavy (non-hydrogen) atoms. The molecule has 4 aromatic rings. The molecule has 0 spiro atoms. The molecule has 4 heterocycles. The third kappa shape index (κ3) is 3.38. The fourth-order valence-electron chi connectivity index (χ4n) is 3.42. The molecular formula is C21H20N6O2. The molecule has 5 rings (SSSR count). The van der Waals surface area contributed by atoms with Crippen molar-refractivity contribution in [2.24, 2.45) is 0 Å². The van der Waals surface area contributed by atoms with E-state index >= 15 is 0 Å². The maximum Gasteiger partial charge on any atom is 0.253 e. The highest BCUT2D eigenvalue weighted by Crippen LogP contribution is 2.26. The monoisotopic (exact) mass is 388 g/mol. The maximum atomic E-state index is 5.49. The lowest BCUT2D eigenvalue weighted by atomic mass is 10.1. The first-order valence-electron chi connectivity index (χ1n) is 9.47. The normalized spacial score (nSPS) is 14.3. The summed E-state index contributed by atoms with van der Waals surface area (Å²) in [6.45, 7) is 2.90. The lowest BCUT2D eigenvalue weighted by Crippen LogP contribution is -2.37. The molecule has 1 aliphatic heterocycles. The topological polar surface area (TPSA) is 78.2 Å². The number of hydrogen-bond donors (Lipinski definition) is 0. The van der Waals surface area contributed by atoms with Crippen LogP contribution in [0.1, 0.15) is 0 Å². The van der Waals surface area contributed by atoms with Crippen molar-refractivity contribution in [3.63, 3.8) is 0 Å². The first-order chi connectivity index (χ1) is 14.3. The van der Waals surface area contributed by atoms with E-state index in [0.717, 1.165) is 46.8 Å². The van der Waals surface area contributed by atoms with Gasteiger partial charge in [-0.15, -0.1) is 0 Å². The molecule has 0 aliphatic carbocycles. The van der Waals surface area contributed by atoms with Crippen molar-refractivity contribution in [1.82, 2.24) is 24.7 Å². The van der Waals surface area contributed by atoms with Gasteiger partial charge < -0.3 is 14.4 Å². The Morgan fingerprint density at radius 1 is 1.03 bits per heavy atom. The van der Waals surface area contributed by atoms with Gasteiger partial charge in [0.25, 0.3) is 5.95 Å². The van der Waals surface area contributed by atoms with E-state index in [1.54, 1.807) is 24.2 Å². The highest BCUT2D eigenvalue weighted by molar-refractivity contribution is 5.86.